The molecule has 2 aromatic carbocycles. The number of carbonyl (C=O) groups is 1. The molecule has 0 atom stereocenters. The van der Waals surface area contributed by atoms with Gasteiger partial charge in [-0.15, -0.1) is 0 Å². The van der Waals surface area contributed by atoms with Crippen molar-refractivity contribution in [3.63, 3.8) is 0 Å². The van der Waals surface area contributed by atoms with Crippen LogP contribution in [-0.4, -0.2) is 26.7 Å². The monoisotopic (exact) mass is 319 g/mol. The van der Waals surface area contributed by atoms with Gasteiger partial charge >= 0.3 is 0 Å². The van der Waals surface area contributed by atoms with Gasteiger partial charge in [0.25, 0.3) is 5.91 Å². The van der Waals surface area contributed by atoms with E-state index in [2.05, 4.69) is 5.32 Å². The quantitative estimate of drug-likeness (QED) is 0.888. The minimum Gasteiger partial charge on any atom is -0.497 e. The fraction of sp³-hybridized carbons (Fsp3) is 0.235. The smallest absolute Gasteiger partial charge is 0.251 e. The zero-order valence-corrected chi connectivity index (χ0v) is 13.3. The number of ether oxygens (including phenoxy) is 2. The molecular formula is C17H18ClNO3. The average Bonchev–Trinajstić information content (AvgIpc) is 2.55. The Hall–Kier alpha value is -2.20. The van der Waals surface area contributed by atoms with Crippen molar-refractivity contribution in [1.82, 2.24) is 5.32 Å². The van der Waals surface area contributed by atoms with E-state index in [4.69, 9.17) is 21.1 Å². The molecule has 0 fully saturated rings. The number of methoxy groups -OCH3 is 2. The molecular weight excluding hydrogens is 302 g/mol. The van der Waals surface area contributed by atoms with Crippen LogP contribution in [0.3, 0.4) is 0 Å². The van der Waals surface area contributed by atoms with Crippen molar-refractivity contribution in [2.45, 2.75) is 6.42 Å². The molecule has 0 bridgehead atoms. The van der Waals surface area contributed by atoms with Crippen LogP contribution in [0.2, 0.25) is 5.02 Å². The van der Waals surface area contributed by atoms with E-state index in [1.807, 2.05) is 12.1 Å². The molecule has 0 unspecified atom stereocenters. The first-order chi connectivity index (χ1) is 10.6. The summed E-state index contributed by atoms with van der Waals surface area (Å²) in [4.78, 5) is 12.1. The van der Waals surface area contributed by atoms with E-state index in [9.17, 15) is 4.79 Å². The Morgan fingerprint density at radius 2 is 1.95 bits per heavy atom. The molecule has 1 amide bonds. The van der Waals surface area contributed by atoms with Gasteiger partial charge in [0, 0.05) is 17.1 Å². The highest BCUT2D eigenvalue weighted by atomic mass is 35.5. The predicted octanol–water partition coefficient (Wildman–Crippen LogP) is 3.33. The Bertz CT molecular complexity index is 658. The van der Waals surface area contributed by atoms with Gasteiger partial charge in [0.15, 0.2) is 0 Å². The molecule has 0 aliphatic rings. The fourth-order valence-corrected chi connectivity index (χ4v) is 2.31. The topological polar surface area (TPSA) is 47.6 Å². The second-order valence-corrected chi connectivity index (χ2v) is 5.13. The van der Waals surface area contributed by atoms with Crippen molar-refractivity contribution in [2.24, 2.45) is 0 Å². The summed E-state index contributed by atoms with van der Waals surface area (Å²) in [5.74, 6) is 1.28. The molecule has 0 spiro atoms. The van der Waals surface area contributed by atoms with E-state index in [1.165, 1.54) is 0 Å². The van der Waals surface area contributed by atoms with Gasteiger partial charge in [0.05, 0.1) is 14.2 Å². The molecule has 2 aromatic rings. The van der Waals surface area contributed by atoms with Crippen LogP contribution in [0.25, 0.3) is 0 Å². The summed E-state index contributed by atoms with van der Waals surface area (Å²) in [6.07, 6.45) is 0.638. The molecule has 0 radical (unpaired) electrons. The Morgan fingerprint density at radius 3 is 2.68 bits per heavy atom. The van der Waals surface area contributed by atoms with Crippen LogP contribution < -0.4 is 14.8 Å². The molecule has 22 heavy (non-hydrogen) atoms. The van der Waals surface area contributed by atoms with Crippen LogP contribution in [0.4, 0.5) is 0 Å². The van der Waals surface area contributed by atoms with E-state index in [1.54, 1.807) is 44.6 Å². The summed E-state index contributed by atoms with van der Waals surface area (Å²) < 4.78 is 10.4. The first kappa shape index (κ1) is 16.2. The Morgan fingerprint density at radius 1 is 1.14 bits per heavy atom. The van der Waals surface area contributed by atoms with Crippen LogP contribution in [0.15, 0.2) is 42.5 Å². The van der Waals surface area contributed by atoms with Crippen molar-refractivity contribution in [3.05, 3.63) is 58.6 Å². The minimum absolute atomic E-state index is 0.139. The maximum atomic E-state index is 12.1. The number of halogens is 1. The summed E-state index contributed by atoms with van der Waals surface area (Å²) >= 11 is 5.99. The number of benzene rings is 2. The summed E-state index contributed by atoms with van der Waals surface area (Å²) in [7, 11) is 3.18. The molecule has 0 aliphatic heterocycles. The predicted molar refractivity (Wildman–Crippen MR) is 87.0 cm³/mol. The molecule has 0 saturated carbocycles. The van der Waals surface area contributed by atoms with Gasteiger partial charge in [-0.1, -0.05) is 17.7 Å². The molecule has 1 N–H and O–H groups in total. The Kier molecular flexibility index (Phi) is 5.67. The summed E-state index contributed by atoms with van der Waals surface area (Å²) in [5, 5.41) is 3.52. The number of carbonyl (C=O) groups excluding carboxylic acids is 1. The third-order valence-corrected chi connectivity index (χ3v) is 3.49. The van der Waals surface area contributed by atoms with Gasteiger partial charge in [-0.3, -0.25) is 4.79 Å². The third-order valence-electron chi connectivity index (χ3n) is 3.25. The lowest BCUT2D eigenvalue weighted by atomic mass is 10.1. The van der Waals surface area contributed by atoms with Crippen molar-refractivity contribution in [1.29, 1.82) is 0 Å². The fourth-order valence-electron chi connectivity index (χ4n) is 2.12. The van der Waals surface area contributed by atoms with Crippen LogP contribution in [0, 0.1) is 0 Å². The lowest BCUT2D eigenvalue weighted by Gasteiger charge is -2.10. The highest BCUT2D eigenvalue weighted by Crippen LogP contribution is 2.22. The van der Waals surface area contributed by atoms with Crippen LogP contribution in [-0.2, 0) is 6.42 Å². The van der Waals surface area contributed by atoms with E-state index in [0.29, 0.717) is 29.3 Å². The van der Waals surface area contributed by atoms with E-state index >= 15 is 0 Å². The zero-order chi connectivity index (χ0) is 15.9. The summed E-state index contributed by atoms with van der Waals surface area (Å²) in [5.41, 5.74) is 1.53. The van der Waals surface area contributed by atoms with Crippen molar-refractivity contribution < 1.29 is 14.3 Å². The lowest BCUT2D eigenvalue weighted by Crippen LogP contribution is -2.25. The van der Waals surface area contributed by atoms with Crippen molar-refractivity contribution >= 4 is 17.5 Å². The maximum absolute atomic E-state index is 12.1. The van der Waals surface area contributed by atoms with Gasteiger partial charge in [-0.25, -0.2) is 0 Å². The number of hydrogen-bond acceptors (Lipinski definition) is 3. The SMILES string of the molecule is COc1cccc(C(=O)NCCc2cc(Cl)ccc2OC)c1. The van der Waals surface area contributed by atoms with E-state index in [0.717, 1.165) is 11.3 Å². The number of amides is 1. The average molecular weight is 320 g/mol. The van der Waals surface area contributed by atoms with Crippen LogP contribution in [0.1, 0.15) is 15.9 Å². The minimum atomic E-state index is -0.139. The van der Waals surface area contributed by atoms with Gasteiger partial charge in [-0.2, -0.15) is 0 Å². The van der Waals surface area contributed by atoms with Crippen molar-refractivity contribution in [3.8, 4) is 11.5 Å². The number of rotatable bonds is 6. The molecule has 0 aromatic heterocycles. The third kappa shape index (κ3) is 4.15. The summed E-state index contributed by atoms with van der Waals surface area (Å²) in [6, 6.07) is 12.5. The lowest BCUT2D eigenvalue weighted by molar-refractivity contribution is 0.0953. The molecule has 2 rings (SSSR count). The Balaban J connectivity index is 1.96. The van der Waals surface area contributed by atoms with Gasteiger partial charge in [-0.05, 0) is 48.4 Å². The van der Waals surface area contributed by atoms with Gasteiger partial charge in [0.2, 0.25) is 0 Å². The second kappa shape index (κ2) is 7.71. The molecule has 0 heterocycles. The van der Waals surface area contributed by atoms with Gasteiger partial charge < -0.3 is 14.8 Å². The van der Waals surface area contributed by atoms with Crippen LogP contribution in [0.5, 0.6) is 11.5 Å². The Labute approximate surface area is 135 Å². The molecule has 116 valence electrons. The van der Waals surface area contributed by atoms with Gasteiger partial charge in [0.1, 0.15) is 11.5 Å². The second-order valence-electron chi connectivity index (χ2n) is 4.69. The first-order valence-electron chi connectivity index (χ1n) is 6.88. The maximum Gasteiger partial charge on any atom is 0.251 e. The number of nitrogens with one attached hydrogen (secondary N) is 1. The molecule has 0 saturated heterocycles. The molecule has 4 nitrogen and oxygen atoms in total. The molecule has 5 heteroatoms. The summed E-state index contributed by atoms with van der Waals surface area (Å²) in [6.45, 7) is 0.493. The number of hydrogen-bond donors (Lipinski definition) is 1. The highest BCUT2D eigenvalue weighted by Gasteiger charge is 2.08. The van der Waals surface area contributed by atoms with E-state index in [-0.39, 0.29) is 5.91 Å². The molecule has 0 aliphatic carbocycles. The largest absolute Gasteiger partial charge is 0.497 e. The normalized spacial score (nSPS) is 10.1. The zero-order valence-electron chi connectivity index (χ0n) is 12.6. The van der Waals surface area contributed by atoms with E-state index < -0.39 is 0 Å². The highest BCUT2D eigenvalue weighted by molar-refractivity contribution is 6.30. The first-order valence-corrected chi connectivity index (χ1v) is 7.26. The standard InChI is InChI=1S/C17H18ClNO3/c1-21-15-5-3-4-13(11-15)17(20)19-9-8-12-10-14(18)6-7-16(12)22-2/h3-7,10-11H,8-9H2,1-2H3,(H,19,20). The van der Waals surface area contributed by atoms with Crippen molar-refractivity contribution in [2.75, 3.05) is 20.8 Å². The van der Waals surface area contributed by atoms with Crippen LogP contribution >= 0.6 is 11.6 Å².